The molecule has 60 valence electrons. The number of hydrogen-bond donors (Lipinski definition) is 0. The highest BCUT2D eigenvalue weighted by Gasteiger charge is 1.92. The van der Waals surface area contributed by atoms with Crippen molar-refractivity contribution in [1.29, 1.82) is 0 Å². The second-order valence-corrected chi connectivity index (χ2v) is 2.60. The lowest BCUT2D eigenvalue weighted by atomic mass is 10.2. The van der Waals surface area contributed by atoms with Crippen molar-refractivity contribution in [2.24, 2.45) is 0 Å². The molecule has 1 heteroatoms. The van der Waals surface area contributed by atoms with Gasteiger partial charge in [0.25, 0.3) is 0 Å². The molecule has 0 nitrogen and oxygen atoms in total. The largest absolute Gasteiger partial charge is 0.144 e. The first-order chi connectivity index (χ1) is 5.38. The van der Waals surface area contributed by atoms with Crippen LogP contribution in [0.2, 0.25) is 0 Å². The van der Waals surface area contributed by atoms with Crippen molar-refractivity contribution in [2.45, 2.75) is 13.8 Å². The SMILES string of the molecule is C=Cc1ccsc1C=C.CC. The van der Waals surface area contributed by atoms with E-state index in [-0.39, 0.29) is 0 Å². The molecule has 1 rings (SSSR count). The van der Waals surface area contributed by atoms with Gasteiger partial charge in [-0.25, -0.2) is 0 Å². The predicted octanol–water partition coefficient (Wildman–Crippen LogP) is 4.06. The number of hydrogen-bond acceptors (Lipinski definition) is 1. The molecule has 1 aromatic rings. The van der Waals surface area contributed by atoms with Gasteiger partial charge in [0.1, 0.15) is 0 Å². The molecule has 0 radical (unpaired) electrons. The van der Waals surface area contributed by atoms with Crippen molar-refractivity contribution in [3.8, 4) is 0 Å². The first-order valence-electron chi connectivity index (χ1n) is 3.71. The summed E-state index contributed by atoms with van der Waals surface area (Å²) < 4.78 is 0. The van der Waals surface area contributed by atoms with Gasteiger partial charge < -0.3 is 0 Å². The van der Waals surface area contributed by atoms with Crippen LogP contribution in [-0.2, 0) is 0 Å². The van der Waals surface area contributed by atoms with Crippen LogP contribution in [0.3, 0.4) is 0 Å². The molecule has 0 spiro atoms. The molecule has 0 atom stereocenters. The molecule has 0 N–H and O–H groups in total. The summed E-state index contributed by atoms with van der Waals surface area (Å²) in [6, 6.07) is 2.04. The highest BCUT2D eigenvalue weighted by Crippen LogP contribution is 2.18. The Labute approximate surface area is 72.9 Å². The van der Waals surface area contributed by atoms with E-state index in [1.807, 2.05) is 37.4 Å². The number of rotatable bonds is 2. The van der Waals surface area contributed by atoms with Crippen molar-refractivity contribution in [3.05, 3.63) is 35.0 Å². The Morgan fingerprint density at radius 2 is 1.91 bits per heavy atom. The molecule has 0 amide bonds. The predicted molar refractivity (Wildman–Crippen MR) is 55.8 cm³/mol. The lowest BCUT2D eigenvalue weighted by molar-refractivity contribution is 1.50. The first kappa shape index (κ1) is 10.2. The van der Waals surface area contributed by atoms with Crippen molar-refractivity contribution in [3.63, 3.8) is 0 Å². The number of thiophene rings is 1. The van der Waals surface area contributed by atoms with E-state index in [9.17, 15) is 0 Å². The summed E-state index contributed by atoms with van der Waals surface area (Å²) >= 11 is 1.68. The van der Waals surface area contributed by atoms with Crippen LogP contribution >= 0.6 is 11.3 Å². The van der Waals surface area contributed by atoms with E-state index in [1.165, 1.54) is 10.4 Å². The molecule has 0 unspecified atom stereocenters. The summed E-state index contributed by atoms with van der Waals surface area (Å²) in [7, 11) is 0. The molecular weight excluding hydrogens is 152 g/mol. The van der Waals surface area contributed by atoms with E-state index in [2.05, 4.69) is 13.2 Å². The van der Waals surface area contributed by atoms with Crippen LogP contribution in [-0.4, -0.2) is 0 Å². The molecule has 11 heavy (non-hydrogen) atoms. The zero-order valence-corrected chi connectivity index (χ0v) is 7.95. The summed E-state index contributed by atoms with van der Waals surface area (Å²) in [5.74, 6) is 0. The van der Waals surface area contributed by atoms with Crippen LogP contribution in [0.4, 0.5) is 0 Å². The van der Waals surface area contributed by atoms with Gasteiger partial charge in [0, 0.05) is 4.88 Å². The zero-order chi connectivity index (χ0) is 8.69. The minimum absolute atomic E-state index is 1.18. The maximum Gasteiger partial charge on any atom is 0.0336 e. The van der Waals surface area contributed by atoms with Gasteiger partial charge >= 0.3 is 0 Å². The van der Waals surface area contributed by atoms with Gasteiger partial charge in [-0.15, -0.1) is 11.3 Å². The van der Waals surface area contributed by atoms with Gasteiger partial charge in [-0.1, -0.05) is 39.2 Å². The van der Waals surface area contributed by atoms with Gasteiger partial charge in [0.15, 0.2) is 0 Å². The van der Waals surface area contributed by atoms with Crippen LogP contribution in [0.15, 0.2) is 24.6 Å². The average Bonchev–Trinajstić information content (AvgIpc) is 2.54. The Morgan fingerprint density at radius 3 is 2.27 bits per heavy atom. The Bertz CT molecular complexity index is 198. The molecule has 0 bridgehead atoms. The van der Waals surface area contributed by atoms with Gasteiger partial charge in [-0.3, -0.25) is 0 Å². The fourth-order valence-corrected chi connectivity index (χ4v) is 1.41. The van der Waals surface area contributed by atoms with Crippen LogP contribution in [0, 0.1) is 0 Å². The van der Waals surface area contributed by atoms with Gasteiger partial charge in [0.05, 0.1) is 0 Å². The van der Waals surface area contributed by atoms with Crippen molar-refractivity contribution >= 4 is 23.5 Å². The highest BCUT2D eigenvalue weighted by molar-refractivity contribution is 7.11. The summed E-state index contributed by atoms with van der Waals surface area (Å²) in [4.78, 5) is 1.20. The molecule has 0 aliphatic carbocycles. The molecule has 0 saturated heterocycles. The summed E-state index contributed by atoms with van der Waals surface area (Å²) in [5, 5.41) is 2.04. The maximum absolute atomic E-state index is 3.67. The van der Waals surface area contributed by atoms with E-state index in [1.54, 1.807) is 11.3 Å². The first-order valence-corrected chi connectivity index (χ1v) is 4.59. The van der Waals surface area contributed by atoms with Crippen LogP contribution in [0.1, 0.15) is 24.3 Å². The molecule has 1 heterocycles. The van der Waals surface area contributed by atoms with E-state index < -0.39 is 0 Å². The lowest BCUT2D eigenvalue weighted by Crippen LogP contribution is -1.63. The smallest absolute Gasteiger partial charge is 0.0336 e. The Kier molecular flexibility index (Phi) is 5.49. The quantitative estimate of drug-likeness (QED) is 0.621. The average molecular weight is 166 g/mol. The van der Waals surface area contributed by atoms with E-state index in [4.69, 9.17) is 0 Å². The topological polar surface area (TPSA) is 0 Å². The Balaban J connectivity index is 0.000000461. The van der Waals surface area contributed by atoms with E-state index in [0.29, 0.717) is 0 Å². The monoisotopic (exact) mass is 166 g/mol. The third-order valence-electron chi connectivity index (χ3n) is 1.13. The third-order valence-corrected chi connectivity index (χ3v) is 2.06. The molecule has 0 fully saturated rings. The second kappa shape index (κ2) is 5.93. The minimum atomic E-state index is 1.18. The fourth-order valence-electron chi connectivity index (χ4n) is 0.665. The van der Waals surface area contributed by atoms with Crippen LogP contribution < -0.4 is 0 Å². The minimum Gasteiger partial charge on any atom is -0.144 e. The molecular formula is C10H14S. The standard InChI is InChI=1S/C8H8S.C2H6/c1-3-7-5-6-9-8(7)4-2;1-2/h3-6H,1-2H2;1-2H3. The Morgan fingerprint density at radius 1 is 1.27 bits per heavy atom. The molecule has 0 aliphatic heterocycles. The Hall–Kier alpha value is -0.820. The maximum atomic E-state index is 3.67. The van der Waals surface area contributed by atoms with Crippen molar-refractivity contribution in [2.75, 3.05) is 0 Å². The second-order valence-electron chi connectivity index (χ2n) is 1.65. The van der Waals surface area contributed by atoms with E-state index >= 15 is 0 Å². The normalized spacial score (nSPS) is 7.82. The zero-order valence-electron chi connectivity index (χ0n) is 7.13. The molecule has 0 aromatic carbocycles. The highest BCUT2D eigenvalue weighted by atomic mass is 32.1. The van der Waals surface area contributed by atoms with Crippen LogP contribution in [0.5, 0.6) is 0 Å². The van der Waals surface area contributed by atoms with Gasteiger partial charge in [0.2, 0.25) is 0 Å². The molecule has 0 saturated carbocycles. The van der Waals surface area contributed by atoms with Crippen molar-refractivity contribution < 1.29 is 0 Å². The summed E-state index contributed by atoms with van der Waals surface area (Å²) in [6.07, 6.45) is 3.69. The van der Waals surface area contributed by atoms with Crippen molar-refractivity contribution in [1.82, 2.24) is 0 Å². The van der Waals surface area contributed by atoms with Gasteiger partial charge in [-0.2, -0.15) is 0 Å². The van der Waals surface area contributed by atoms with Crippen LogP contribution in [0.25, 0.3) is 12.2 Å². The molecule has 0 aliphatic rings. The lowest BCUT2D eigenvalue weighted by Gasteiger charge is -1.85. The summed E-state index contributed by atoms with van der Waals surface area (Å²) in [6.45, 7) is 11.3. The fraction of sp³-hybridized carbons (Fsp3) is 0.200. The van der Waals surface area contributed by atoms with E-state index in [0.717, 1.165) is 0 Å². The van der Waals surface area contributed by atoms with Gasteiger partial charge in [-0.05, 0) is 17.0 Å². The third kappa shape index (κ3) is 2.72. The summed E-state index contributed by atoms with van der Waals surface area (Å²) in [5.41, 5.74) is 1.18. The molecule has 1 aromatic heterocycles.